The normalized spacial score (nSPS) is 27.7. The Morgan fingerprint density at radius 2 is 2.00 bits per heavy atom. The number of nitrogens with two attached hydrogens (primary N) is 1. The highest BCUT2D eigenvalue weighted by atomic mass is 16.2. The van der Waals surface area contributed by atoms with Crippen LogP contribution in [0.5, 0.6) is 0 Å². The highest BCUT2D eigenvalue weighted by Crippen LogP contribution is 2.31. The van der Waals surface area contributed by atoms with Crippen LogP contribution >= 0.6 is 0 Å². The van der Waals surface area contributed by atoms with Crippen LogP contribution in [0.15, 0.2) is 0 Å². The molecular weight excluding hydrogens is 250 g/mol. The molecule has 4 heteroatoms. The third-order valence-corrected chi connectivity index (χ3v) is 5.03. The molecule has 2 rings (SSSR count). The molecule has 116 valence electrons. The van der Waals surface area contributed by atoms with Gasteiger partial charge in [0.2, 0.25) is 5.91 Å². The largest absolute Gasteiger partial charge is 0.344 e. The number of carbonyl (C=O) groups is 1. The Bertz CT molecular complexity index is 300. The van der Waals surface area contributed by atoms with Crippen molar-refractivity contribution in [3.63, 3.8) is 0 Å². The predicted molar refractivity (Wildman–Crippen MR) is 82.4 cm³/mol. The first-order valence-electron chi connectivity index (χ1n) is 8.38. The van der Waals surface area contributed by atoms with Gasteiger partial charge in [0.05, 0.1) is 0 Å². The molecule has 2 N–H and O–H groups in total. The molecule has 1 saturated heterocycles. The number of amides is 1. The van der Waals surface area contributed by atoms with Gasteiger partial charge >= 0.3 is 0 Å². The summed E-state index contributed by atoms with van der Waals surface area (Å²) in [5.41, 5.74) is 5.66. The molecule has 1 heterocycles. The smallest absolute Gasteiger partial charge is 0.225 e. The number of likely N-dealkylation sites (tertiary alicyclic amines) is 1. The fraction of sp³-hybridized carbons (Fsp3) is 0.938. The standard InChI is InChI=1S/C16H31N3O/c1-18(11-12-19-9-2-3-10-19)16(20)15-6-4-5-14(13-15)7-8-17/h14-15H,2-13,17H2,1H3. The Kier molecular flexibility index (Phi) is 6.30. The van der Waals surface area contributed by atoms with Crippen molar-refractivity contribution in [2.24, 2.45) is 17.6 Å². The molecule has 0 aromatic rings. The van der Waals surface area contributed by atoms with E-state index >= 15 is 0 Å². The SMILES string of the molecule is CN(CCN1CCCC1)C(=O)C1CCCC(CCN)C1. The molecule has 1 saturated carbocycles. The molecule has 0 radical (unpaired) electrons. The van der Waals surface area contributed by atoms with E-state index in [1.807, 2.05) is 11.9 Å². The van der Waals surface area contributed by atoms with Gasteiger partial charge in [-0.05, 0) is 57.7 Å². The number of rotatable bonds is 6. The Balaban J connectivity index is 1.73. The molecule has 2 atom stereocenters. The van der Waals surface area contributed by atoms with Crippen LogP contribution in [-0.4, -0.2) is 55.5 Å². The average molecular weight is 281 g/mol. The van der Waals surface area contributed by atoms with E-state index < -0.39 is 0 Å². The summed E-state index contributed by atoms with van der Waals surface area (Å²) < 4.78 is 0. The fourth-order valence-corrected chi connectivity index (χ4v) is 3.73. The van der Waals surface area contributed by atoms with Crippen molar-refractivity contribution in [1.82, 2.24) is 9.80 Å². The first kappa shape index (κ1) is 15.8. The number of hydrogen-bond acceptors (Lipinski definition) is 3. The van der Waals surface area contributed by atoms with Crippen LogP contribution in [0.25, 0.3) is 0 Å². The second-order valence-corrected chi connectivity index (χ2v) is 6.62. The summed E-state index contributed by atoms with van der Waals surface area (Å²) in [7, 11) is 1.98. The zero-order chi connectivity index (χ0) is 14.4. The summed E-state index contributed by atoms with van der Waals surface area (Å²) in [6, 6.07) is 0. The quantitative estimate of drug-likeness (QED) is 0.806. The highest BCUT2D eigenvalue weighted by molar-refractivity contribution is 5.78. The molecule has 0 aromatic carbocycles. The first-order valence-corrected chi connectivity index (χ1v) is 8.38. The molecule has 2 aliphatic rings. The van der Waals surface area contributed by atoms with Crippen molar-refractivity contribution in [3.8, 4) is 0 Å². The van der Waals surface area contributed by atoms with E-state index in [1.165, 1.54) is 38.8 Å². The fourth-order valence-electron chi connectivity index (χ4n) is 3.73. The highest BCUT2D eigenvalue weighted by Gasteiger charge is 2.28. The van der Waals surface area contributed by atoms with Crippen molar-refractivity contribution >= 4 is 5.91 Å². The van der Waals surface area contributed by atoms with Gasteiger partial charge in [0.1, 0.15) is 0 Å². The van der Waals surface area contributed by atoms with Crippen molar-refractivity contribution in [1.29, 1.82) is 0 Å². The minimum absolute atomic E-state index is 0.254. The van der Waals surface area contributed by atoms with Crippen LogP contribution in [0.3, 0.4) is 0 Å². The lowest BCUT2D eigenvalue weighted by Crippen LogP contribution is -2.40. The van der Waals surface area contributed by atoms with Gasteiger partial charge in [-0.25, -0.2) is 0 Å². The first-order chi connectivity index (χ1) is 9.70. The van der Waals surface area contributed by atoms with E-state index in [0.717, 1.165) is 38.9 Å². The van der Waals surface area contributed by atoms with Gasteiger partial charge in [-0.1, -0.05) is 12.8 Å². The summed E-state index contributed by atoms with van der Waals surface area (Å²) in [6.45, 7) is 5.11. The summed E-state index contributed by atoms with van der Waals surface area (Å²) in [5, 5.41) is 0. The lowest BCUT2D eigenvalue weighted by atomic mass is 9.79. The Labute approximate surface area is 123 Å². The molecule has 1 amide bonds. The van der Waals surface area contributed by atoms with Gasteiger partial charge in [0.15, 0.2) is 0 Å². The number of hydrogen-bond donors (Lipinski definition) is 1. The maximum Gasteiger partial charge on any atom is 0.225 e. The van der Waals surface area contributed by atoms with E-state index in [9.17, 15) is 4.79 Å². The summed E-state index contributed by atoms with van der Waals surface area (Å²) in [6.07, 6.45) is 8.32. The molecule has 0 aromatic heterocycles. The lowest BCUT2D eigenvalue weighted by molar-refractivity contribution is -0.136. The lowest BCUT2D eigenvalue weighted by Gasteiger charge is -2.31. The Hall–Kier alpha value is -0.610. The van der Waals surface area contributed by atoms with E-state index in [2.05, 4.69) is 4.90 Å². The molecule has 0 spiro atoms. The maximum atomic E-state index is 12.5. The number of nitrogens with zero attached hydrogens (tertiary/aromatic N) is 2. The Morgan fingerprint density at radius 1 is 1.25 bits per heavy atom. The molecule has 1 aliphatic carbocycles. The Morgan fingerprint density at radius 3 is 2.70 bits per heavy atom. The zero-order valence-corrected chi connectivity index (χ0v) is 13.0. The van der Waals surface area contributed by atoms with E-state index in [4.69, 9.17) is 5.73 Å². The second kappa shape index (κ2) is 7.99. The van der Waals surface area contributed by atoms with Crippen molar-refractivity contribution < 1.29 is 4.79 Å². The summed E-state index contributed by atoms with van der Waals surface area (Å²) in [4.78, 5) is 17.0. The van der Waals surface area contributed by atoms with Gasteiger partial charge < -0.3 is 15.5 Å². The van der Waals surface area contributed by atoms with Gasteiger partial charge in [-0.3, -0.25) is 4.79 Å². The molecule has 4 nitrogen and oxygen atoms in total. The molecular formula is C16H31N3O. The van der Waals surface area contributed by atoms with Crippen LogP contribution < -0.4 is 5.73 Å². The molecule has 1 aliphatic heterocycles. The molecule has 20 heavy (non-hydrogen) atoms. The van der Waals surface area contributed by atoms with E-state index in [0.29, 0.717) is 11.8 Å². The maximum absolute atomic E-state index is 12.5. The second-order valence-electron chi connectivity index (χ2n) is 6.62. The summed E-state index contributed by atoms with van der Waals surface area (Å²) >= 11 is 0. The molecule has 0 bridgehead atoms. The van der Waals surface area contributed by atoms with Gasteiger partial charge in [-0.2, -0.15) is 0 Å². The minimum atomic E-state index is 0.254. The van der Waals surface area contributed by atoms with Crippen molar-refractivity contribution in [2.45, 2.75) is 44.9 Å². The van der Waals surface area contributed by atoms with Crippen LogP contribution in [0.4, 0.5) is 0 Å². The van der Waals surface area contributed by atoms with Crippen LogP contribution in [0, 0.1) is 11.8 Å². The molecule has 2 unspecified atom stereocenters. The van der Waals surface area contributed by atoms with Crippen LogP contribution in [-0.2, 0) is 4.79 Å². The third-order valence-electron chi connectivity index (χ3n) is 5.03. The average Bonchev–Trinajstić information content (AvgIpc) is 2.98. The monoisotopic (exact) mass is 281 g/mol. The van der Waals surface area contributed by atoms with Gasteiger partial charge in [0.25, 0.3) is 0 Å². The van der Waals surface area contributed by atoms with E-state index in [1.54, 1.807) is 0 Å². The molecule has 2 fully saturated rings. The van der Waals surface area contributed by atoms with Crippen LogP contribution in [0.2, 0.25) is 0 Å². The zero-order valence-electron chi connectivity index (χ0n) is 13.0. The third kappa shape index (κ3) is 4.45. The van der Waals surface area contributed by atoms with E-state index in [-0.39, 0.29) is 5.92 Å². The van der Waals surface area contributed by atoms with Crippen molar-refractivity contribution in [2.75, 3.05) is 39.8 Å². The van der Waals surface area contributed by atoms with Crippen molar-refractivity contribution in [3.05, 3.63) is 0 Å². The summed E-state index contributed by atoms with van der Waals surface area (Å²) in [5.74, 6) is 1.30. The topological polar surface area (TPSA) is 49.6 Å². The van der Waals surface area contributed by atoms with Gasteiger partial charge in [0, 0.05) is 26.1 Å². The number of likely N-dealkylation sites (N-methyl/N-ethyl adjacent to an activating group) is 1. The van der Waals surface area contributed by atoms with Crippen LogP contribution in [0.1, 0.15) is 44.9 Å². The number of carbonyl (C=O) groups excluding carboxylic acids is 1. The predicted octanol–water partition coefficient (Wildman–Crippen LogP) is 1.70. The van der Waals surface area contributed by atoms with Gasteiger partial charge in [-0.15, -0.1) is 0 Å². The minimum Gasteiger partial charge on any atom is -0.344 e.